The van der Waals surface area contributed by atoms with Gasteiger partial charge >= 0.3 is 0 Å². The fraction of sp³-hybridized carbons (Fsp3) is 0.636. The first kappa shape index (κ1) is 9.29. The lowest BCUT2D eigenvalue weighted by atomic mass is 9.93. The summed E-state index contributed by atoms with van der Waals surface area (Å²) in [5.74, 6) is 2.18. The van der Waals surface area contributed by atoms with Crippen LogP contribution in [0.4, 0.5) is 0 Å². The minimum Gasteiger partial charge on any atom is -0.264 e. The van der Waals surface area contributed by atoms with Gasteiger partial charge in [-0.1, -0.05) is 0 Å². The van der Waals surface area contributed by atoms with Gasteiger partial charge < -0.3 is 0 Å². The van der Waals surface area contributed by atoms with E-state index >= 15 is 0 Å². The van der Waals surface area contributed by atoms with Crippen LogP contribution in [-0.2, 0) is 12.2 Å². The van der Waals surface area contributed by atoms with E-state index in [-0.39, 0.29) is 0 Å². The lowest BCUT2D eigenvalue weighted by molar-refractivity contribution is 0.283. The lowest BCUT2D eigenvalue weighted by Gasteiger charge is -2.28. The molecule has 4 heteroatoms. The third-order valence-corrected chi connectivity index (χ3v) is 4.35. The van der Waals surface area contributed by atoms with Crippen molar-refractivity contribution in [2.75, 3.05) is 5.75 Å². The molecule has 3 nitrogen and oxygen atoms in total. The monoisotopic (exact) mass is 219 g/mol. The molecule has 1 aromatic heterocycles. The lowest BCUT2D eigenvalue weighted by Crippen LogP contribution is -2.21. The van der Waals surface area contributed by atoms with Crippen molar-refractivity contribution in [1.82, 2.24) is 9.78 Å². The molecule has 0 bridgehead atoms. The fourth-order valence-corrected chi connectivity index (χ4v) is 3.28. The van der Waals surface area contributed by atoms with Crippen LogP contribution in [0, 0.1) is 11.3 Å². The molecule has 0 aromatic carbocycles. The first-order valence-electron chi connectivity index (χ1n) is 5.48. The molecule has 0 spiro atoms. The molecule has 0 radical (unpaired) electrons. The summed E-state index contributed by atoms with van der Waals surface area (Å²) >= 11 is 1.96. The van der Waals surface area contributed by atoms with Crippen molar-refractivity contribution in [3.63, 3.8) is 0 Å². The predicted octanol–water partition coefficient (Wildman–Crippen LogP) is 2.27. The molecule has 1 aliphatic heterocycles. The van der Waals surface area contributed by atoms with E-state index in [1.54, 1.807) is 0 Å². The highest BCUT2D eigenvalue weighted by Crippen LogP contribution is 2.36. The molecule has 1 fully saturated rings. The van der Waals surface area contributed by atoms with Gasteiger partial charge in [-0.3, -0.25) is 4.68 Å². The van der Waals surface area contributed by atoms with E-state index in [4.69, 9.17) is 5.26 Å². The van der Waals surface area contributed by atoms with E-state index in [1.165, 1.54) is 30.5 Å². The Labute approximate surface area is 93.5 Å². The Bertz CT molecular complexity index is 426. The second-order valence-corrected chi connectivity index (χ2v) is 5.32. The molecule has 0 N–H and O–H groups in total. The average Bonchev–Trinajstić information content (AvgIpc) is 2.55. The van der Waals surface area contributed by atoms with Gasteiger partial charge in [0.1, 0.15) is 6.07 Å². The van der Waals surface area contributed by atoms with Crippen molar-refractivity contribution in [3.05, 3.63) is 17.0 Å². The van der Waals surface area contributed by atoms with Crippen molar-refractivity contribution in [3.8, 4) is 6.07 Å². The summed E-state index contributed by atoms with van der Waals surface area (Å²) in [6.45, 7) is 0. The molecule has 2 aliphatic rings. The van der Waals surface area contributed by atoms with Crippen LogP contribution in [0.25, 0.3) is 0 Å². The predicted molar refractivity (Wildman–Crippen MR) is 59.7 cm³/mol. The summed E-state index contributed by atoms with van der Waals surface area (Å²) in [4.78, 5) is 0. The van der Waals surface area contributed by atoms with E-state index in [0.29, 0.717) is 11.7 Å². The Hall–Kier alpha value is -0.950. The number of aromatic nitrogens is 2. The van der Waals surface area contributed by atoms with Gasteiger partial charge in [0.2, 0.25) is 0 Å². The maximum absolute atomic E-state index is 9.05. The number of nitriles is 1. The third kappa shape index (κ3) is 1.37. The SMILES string of the molecule is N#Cc1nn(C2CCC2)c2c1CCSC2. The van der Waals surface area contributed by atoms with Crippen LogP contribution in [0.3, 0.4) is 0 Å². The maximum atomic E-state index is 9.05. The molecule has 15 heavy (non-hydrogen) atoms. The zero-order valence-electron chi connectivity index (χ0n) is 8.57. The number of hydrogen-bond acceptors (Lipinski definition) is 3. The normalized spacial score (nSPS) is 20.5. The molecule has 0 atom stereocenters. The van der Waals surface area contributed by atoms with Crippen LogP contribution < -0.4 is 0 Å². The van der Waals surface area contributed by atoms with Gasteiger partial charge in [0.15, 0.2) is 5.69 Å². The molecule has 3 rings (SSSR count). The number of hydrogen-bond donors (Lipinski definition) is 0. The van der Waals surface area contributed by atoms with Gasteiger partial charge in [-0.25, -0.2) is 0 Å². The summed E-state index contributed by atoms with van der Waals surface area (Å²) in [5.41, 5.74) is 3.23. The van der Waals surface area contributed by atoms with Crippen molar-refractivity contribution in [1.29, 1.82) is 5.26 Å². The van der Waals surface area contributed by atoms with Gasteiger partial charge in [-0.2, -0.15) is 22.1 Å². The molecule has 1 aromatic rings. The Morgan fingerprint density at radius 2 is 2.33 bits per heavy atom. The van der Waals surface area contributed by atoms with Crippen LogP contribution in [0.1, 0.15) is 42.3 Å². The Morgan fingerprint density at radius 1 is 1.47 bits per heavy atom. The molecule has 0 unspecified atom stereocenters. The second-order valence-electron chi connectivity index (χ2n) is 4.22. The number of rotatable bonds is 1. The van der Waals surface area contributed by atoms with Gasteiger partial charge in [-0.15, -0.1) is 0 Å². The first-order chi connectivity index (χ1) is 7.40. The van der Waals surface area contributed by atoms with E-state index in [2.05, 4.69) is 15.8 Å². The standard InChI is InChI=1S/C11H13N3S/c12-6-10-9-4-5-15-7-11(9)14(13-10)8-2-1-3-8/h8H,1-5,7H2. The highest BCUT2D eigenvalue weighted by molar-refractivity contribution is 7.98. The van der Waals surface area contributed by atoms with Crippen molar-refractivity contribution < 1.29 is 0 Å². The smallest absolute Gasteiger partial charge is 0.166 e. The number of nitrogens with zero attached hydrogens (tertiary/aromatic N) is 3. The highest BCUT2D eigenvalue weighted by Gasteiger charge is 2.28. The van der Waals surface area contributed by atoms with E-state index < -0.39 is 0 Å². The molecule has 78 valence electrons. The van der Waals surface area contributed by atoms with E-state index in [1.807, 2.05) is 11.8 Å². The minimum atomic E-state index is 0.583. The largest absolute Gasteiger partial charge is 0.264 e. The maximum Gasteiger partial charge on any atom is 0.166 e. The van der Waals surface area contributed by atoms with Crippen LogP contribution in [-0.4, -0.2) is 15.5 Å². The second kappa shape index (κ2) is 3.57. The fourth-order valence-electron chi connectivity index (χ4n) is 2.29. The molecule has 0 saturated heterocycles. The molecular formula is C11H13N3S. The molecule has 1 saturated carbocycles. The highest BCUT2D eigenvalue weighted by atomic mass is 32.2. The average molecular weight is 219 g/mol. The van der Waals surface area contributed by atoms with E-state index in [0.717, 1.165) is 17.9 Å². The van der Waals surface area contributed by atoms with E-state index in [9.17, 15) is 0 Å². The van der Waals surface area contributed by atoms with Crippen LogP contribution in [0.2, 0.25) is 0 Å². The number of thioether (sulfide) groups is 1. The topological polar surface area (TPSA) is 41.6 Å². The summed E-state index contributed by atoms with van der Waals surface area (Å²) in [5, 5.41) is 13.5. The Kier molecular flexibility index (Phi) is 2.21. The van der Waals surface area contributed by atoms with Gasteiger partial charge in [-0.05, 0) is 31.4 Å². The van der Waals surface area contributed by atoms with Crippen molar-refractivity contribution in [2.45, 2.75) is 37.5 Å². The summed E-state index contributed by atoms with van der Waals surface area (Å²) in [6.07, 6.45) is 4.82. The van der Waals surface area contributed by atoms with Crippen molar-refractivity contribution in [2.24, 2.45) is 0 Å². The zero-order valence-corrected chi connectivity index (χ0v) is 9.39. The Morgan fingerprint density at radius 3 is 3.00 bits per heavy atom. The number of fused-ring (bicyclic) bond motifs is 1. The quantitative estimate of drug-likeness (QED) is 0.727. The van der Waals surface area contributed by atoms with Gasteiger partial charge in [0, 0.05) is 11.3 Å². The molecule has 1 aliphatic carbocycles. The summed E-state index contributed by atoms with van der Waals surface area (Å²) in [6, 6.07) is 2.82. The third-order valence-electron chi connectivity index (χ3n) is 3.38. The van der Waals surface area contributed by atoms with Crippen LogP contribution in [0.5, 0.6) is 0 Å². The van der Waals surface area contributed by atoms with Gasteiger partial charge in [0.05, 0.1) is 11.7 Å². The molecule has 0 amide bonds. The molecular weight excluding hydrogens is 206 g/mol. The van der Waals surface area contributed by atoms with Crippen LogP contribution in [0.15, 0.2) is 0 Å². The summed E-state index contributed by atoms with van der Waals surface area (Å²) < 4.78 is 2.14. The minimum absolute atomic E-state index is 0.583. The van der Waals surface area contributed by atoms with Crippen molar-refractivity contribution >= 4 is 11.8 Å². The van der Waals surface area contributed by atoms with Crippen LogP contribution >= 0.6 is 11.8 Å². The van der Waals surface area contributed by atoms with Gasteiger partial charge in [0.25, 0.3) is 0 Å². The Balaban J connectivity index is 2.06. The zero-order chi connectivity index (χ0) is 10.3. The first-order valence-corrected chi connectivity index (χ1v) is 6.63. The summed E-state index contributed by atoms with van der Waals surface area (Å²) in [7, 11) is 0. The molecule has 2 heterocycles.